The molecule has 1 aliphatic heterocycles. The number of nitrogens with one attached hydrogen (secondary N) is 2. The molecular weight excluding hydrogens is 440 g/mol. The van der Waals surface area contributed by atoms with Crippen molar-refractivity contribution in [3.63, 3.8) is 0 Å². The molecule has 0 saturated carbocycles. The van der Waals surface area contributed by atoms with Crippen molar-refractivity contribution in [2.75, 3.05) is 48.8 Å². The first-order valence-corrected chi connectivity index (χ1v) is 11.3. The standard InChI is InChI=1S/C22H24N8O2S/c1-14-19(20(31)32)33-22(25-14)28-21-26-17(24-13-16-5-3-15(12-23)4-6-16)11-18(27-21)30-9-7-29(2)8-10-30/h3-6,11H,7-10,13H2,1-2H3,(H,31,32)(H2,24,25,26,27,28). The average Bonchev–Trinajstić information content (AvgIpc) is 3.18. The molecule has 3 heterocycles. The number of carboxylic acid groups (broad SMARTS) is 1. The predicted octanol–water partition coefficient (Wildman–Crippen LogP) is 2.92. The van der Waals surface area contributed by atoms with Crippen molar-refractivity contribution in [1.82, 2.24) is 19.9 Å². The maximum Gasteiger partial charge on any atom is 0.347 e. The molecule has 0 atom stereocenters. The fourth-order valence-electron chi connectivity index (χ4n) is 3.41. The third-order valence-electron chi connectivity index (χ3n) is 5.31. The molecule has 170 valence electrons. The second-order valence-corrected chi connectivity index (χ2v) is 8.75. The summed E-state index contributed by atoms with van der Waals surface area (Å²) in [6.07, 6.45) is 0. The smallest absolute Gasteiger partial charge is 0.347 e. The van der Waals surface area contributed by atoms with Crippen LogP contribution in [0, 0.1) is 18.3 Å². The molecule has 0 radical (unpaired) electrons. The Morgan fingerprint density at radius 3 is 2.55 bits per heavy atom. The summed E-state index contributed by atoms with van der Waals surface area (Å²) in [6.45, 7) is 5.77. The molecular formula is C22H24N8O2S. The Morgan fingerprint density at radius 2 is 1.91 bits per heavy atom. The average molecular weight is 465 g/mol. The maximum atomic E-state index is 11.4. The number of piperazine rings is 1. The quantitative estimate of drug-likeness (QED) is 0.480. The van der Waals surface area contributed by atoms with E-state index >= 15 is 0 Å². The monoisotopic (exact) mass is 464 g/mol. The van der Waals surface area contributed by atoms with Crippen LogP contribution < -0.4 is 15.5 Å². The molecule has 0 aliphatic carbocycles. The maximum absolute atomic E-state index is 11.4. The number of anilines is 4. The Kier molecular flexibility index (Phi) is 6.67. The van der Waals surface area contributed by atoms with Crippen LogP contribution in [0.1, 0.15) is 26.5 Å². The van der Waals surface area contributed by atoms with E-state index in [2.05, 4.69) is 48.5 Å². The van der Waals surface area contributed by atoms with Crippen molar-refractivity contribution in [3.05, 3.63) is 52.0 Å². The number of aromatic carboxylic acids is 1. The van der Waals surface area contributed by atoms with Gasteiger partial charge in [0.2, 0.25) is 5.95 Å². The van der Waals surface area contributed by atoms with Crippen LogP contribution >= 0.6 is 11.3 Å². The molecule has 1 saturated heterocycles. The highest BCUT2D eigenvalue weighted by Crippen LogP contribution is 2.27. The molecule has 1 aliphatic rings. The summed E-state index contributed by atoms with van der Waals surface area (Å²) in [4.78, 5) is 29.6. The molecule has 3 N–H and O–H groups in total. The van der Waals surface area contributed by atoms with Crippen molar-refractivity contribution in [2.24, 2.45) is 0 Å². The summed E-state index contributed by atoms with van der Waals surface area (Å²) in [5, 5.41) is 25.1. The minimum atomic E-state index is -1.00. The van der Waals surface area contributed by atoms with Gasteiger partial charge < -0.3 is 20.2 Å². The van der Waals surface area contributed by atoms with E-state index in [9.17, 15) is 9.90 Å². The fourth-order valence-corrected chi connectivity index (χ4v) is 4.21. The lowest BCUT2D eigenvalue weighted by Gasteiger charge is -2.33. The van der Waals surface area contributed by atoms with E-state index < -0.39 is 5.97 Å². The largest absolute Gasteiger partial charge is 0.477 e. The predicted molar refractivity (Wildman–Crippen MR) is 127 cm³/mol. The highest BCUT2D eigenvalue weighted by molar-refractivity contribution is 7.17. The minimum absolute atomic E-state index is 0.187. The highest BCUT2D eigenvalue weighted by atomic mass is 32.1. The Balaban J connectivity index is 1.57. The van der Waals surface area contributed by atoms with Gasteiger partial charge in [-0.1, -0.05) is 23.5 Å². The van der Waals surface area contributed by atoms with Gasteiger partial charge in [0, 0.05) is 38.8 Å². The second kappa shape index (κ2) is 9.81. The molecule has 3 aromatic rings. The molecule has 4 rings (SSSR count). The number of rotatable bonds is 7. The number of nitrogens with zero attached hydrogens (tertiary/aromatic N) is 6. The van der Waals surface area contributed by atoms with Crippen molar-refractivity contribution < 1.29 is 9.90 Å². The van der Waals surface area contributed by atoms with Crippen LogP contribution in [0.5, 0.6) is 0 Å². The van der Waals surface area contributed by atoms with Crippen molar-refractivity contribution in [2.45, 2.75) is 13.5 Å². The number of benzene rings is 1. The molecule has 33 heavy (non-hydrogen) atoms. The number of hydrogen-bond donors (Lipinski definition) is 3. The fraction of sp³-hybridized carbons (Fsp3) is 0.318. The van der Waals surface area contributed by atoms with Crippen molar-refractivity contribution in [1.29, 1.82) is 5.26 Å². The molecule has 1 fully saturated rings. The van der Waals surface area contributed by atoms with E-state index in [0.717, 1.165) is 48.9 Å². The van der Waals surface area contributed by atoms with Gasteiger partial charge in [0.15, 0.2) is 5.13 Å². The number of hydrogen-bond acceptors (Lipinski definition) is 10. The highest BCUT2D eigenvalue weighted by Gasteiger charge is 2.19. The molecule has 11 heteroatoms. The first-order chi connectivity index (χ1) is 15.9. The molecule has 1 aromatic carbocycles. The lowest BCUT2D eigenvalue weighted by Crippen LogP contribution is -2.44. The van der Waals surface area contributed by atoms with Gasteiger partial charge in [0.05, 0.1) is 17.3 Å². The molecule has 0 spiro atoms. The second-order valence-electron chi connectivity index (χ2n) is 7.75. The summed E-state index contributed by atoms with van der Waals surface area (Å²) >= 11 is 1.05. The van der Waals surface area contributed by atoms with Crippen molar-refractivity contribution >= 4 is 40.0 Å². The van der Waals surface area contributed by atoms with Gasteiger partial charge in [-0.2, -0.15) is 15.2 Å². The van der Waals surface area contributed by atoms with E-state index in [1.165, 1.54) is 0 Å². The van der Waals surface area contributed by atoms with Crippen LogP contribution in [0.25, 0.3) is 0 Å². The van der Waals surface area contributed by atoms with E-state index in [0.29, 0.717) is 34.7 Å². The van der Waals surface area contributed by atoms with Gasteiger partial charge in [-0.05, 0) is 31.7 Å². The lowest BCUT2D eigenvalue weighted by molar-refractivity contribution is 0.0701. The summed E-state index contributed by atoms with van der Waals surface area (Å²) < 4.78 is 0. The topological polar surface area (TPSA) is 130 Å². The van der Waals surface area contributed by atoms with E-state index in [4.69, 9.17) is 5.26 Å². The van der Waals surface area contributed by atoms with Crippen LogP contribution in [0.2, 0.25) is 0 Å². The Hall–Kier alpha value is -3.75. The van der Waals surface area contributed by atoms with Crippen LogP contribution in [0.4, 0.5) is 22.7 Å². The van der Waals surface area contributed by atoms with Gasteiger partial charge >= 0.3 is 5.97 Å². The summed E-state index contributed by atoms with van der Waals surface area (Å²) in [5.41, 5.74) is 2.08. The number of likely N-dealkylation sites (N-methyl/N-ethyl adjacent to an activating group) is 1. The molecule has 10 nitrogen and oxygen atoms in total. The first kappa shape index (κ1) is 22.4. The zero-order valence-corrected chi connectivity index (χ0v) is 19.2. The Labute approximate surface area is 195 Å². The number of carboxylic acids is 1. The Bertz CT molecular complexity index is 1180. The van der Waals surface area contributed by atoms with E-state index in [1.807, 2.05) is 18.2 Å². The minimum Gasteiger partial charge on any atom is -0.477 e. The number of aromatic nitrogens is 3. The Morgan fingerprint density at radius 1 is 1.18 bits per heavy atom. The number of nitriles is 1. The zero-order valence-electron chi connectivity index (χ0n) is 18.4. The third kappa shape index (κ3) is 5.54. The van der Waals surface area contributed by atoms with Crippen LogP contribution in [0.3, 0.4) is 0 Å². The van der Waals surface area contributed by atoms with Gasteiger partial charge in [-0.15, -0.1) is 0 Å². The van der Waals surface area contributed by atoms with E-state index in [1.54, 1.807) is 19.1 Å². The summed E-state index contributed by atoms with van der Waals surface area (Å²) in [5.74, 6) is 0.765. The molecule has 0 unspecified atom stereocenters. The number of thiazole rings is 1. The summed E-state index contributed by atoms with van der Waals surface area (Å²) in [6, 6.07) is 11.4. The van der Waals surface area contributed by atoms with Gasteiger partial charge in [-0.3, -0.25) is 5.32 Å². The molecule has 2 aromatic heterocycles. The van der Waals surface area contributed by atoms with Crippen LogP contribution in [-0.2, 0) is 6.54 Å². The third-order valence-corrected chi connectivity index (χ3v) is 6.37. The zero-order chi connectivity index (χ0) is 23.4. The van der Waals surface area contributed by atoms with Gasteiger partial charge in [-0.25, -0.2) is 9.78 Å². The van der Waals surface area contributed by atoms with Gasteiger partial charge in [0.1, 0.15) is 16.5 Å². The van der Waals surface area contributed by atoms with Gasteiger partial charge in [0.25, 0.3) is 0 Å². The normalized spacial score (nSPS) is 14.0. The summed E-state index contributed by atoms with van der Waals surface area (Å²) in [7, 11) is 2.10. The van der Waals surface area contributed by atoms with Crippen LogP contribution in [-0.4, -0.2) is 64.2 Å². The lowest BCUT2D eigenvalue weighted by atomic mass is 10.1. The number of aryl methyl sites for hydroxylation is 1. The molecule has 0 amide bonds. The van der Waals surface area contributed by atoms with Crippen LogP contribution in [0.15, 0.2) is 30.3 Å². The van der Waals surface area contributed by atoms with Crippen molar-refractivity contribution in [3.8, 4) is 6.07 Å². The SMILES string of the molecule is Cc1nc(Nc2nc(NCc3ccc(C#N)cc3)cc(N3CCN(C)CC3)n2)sc1C(=O)O. The number of carbonyl (C=O) groups is 1. The van der Waals surface area contributed by atoms with E-state index in [-0.39, 0.29) is 4.88 Å². The first-order valence-electron chi connectivity index (χ1n) is 10.4. The molecule has 0 bridgehead atoms.